The van der Waals surface area contributed by atoms with E-state index in [-0.39, 0.29) is 5.38 Å². The Balaban J connectivity index is 2.39. The fraction of sp³-hybridized carbons (Fsp3) is 0.250. The molecule has 0 N–H and O–H groups in total. The second kappa shape index (κ2) is 5.98. The molecule has 0 aliphatic rings. The highest BCUT2D eigenvalue weighted by molar-refractivity contribution is 9.10. The van der Waals surface area contributed by atoms with Crippen LogP contribution in [-0.2, 0) is 0 Å². The summed E-state index contributed by atoms with van der Waals surface area (Å²) in [7, 11) is 1.70. The quantitative estimate of drug-likeness (QED) is 0.680. The number of aryl methyl sites for hydroxylation is 2. The van der Waals surface area contributed by atoms with Crippen LogP contribution in [0.2, 0.25) is 0 Å². The third kappa shape index (κ3) is 3.13. The molecule has 100 valence electrons. The first-order valence-corrected chi connectivity index (χ1v) is 7.30. The molecule has 1 unspecified atom stereocenters. The van der Waals surface area contributed by atoms with Gasteiger partial charge in [-0.25, -0.2) is 0 Å². The van der Waals surface area contributed by atoms with Gasteiger partial charge in [0, 0.05) is 4.47 Å². The minimum atomic E-state index is -0.142. The summed E-state index contributed by atoms with van der Waals surface area (Å²) in [5, 5.41) is -0.142. The monoisotopic (exact) mass is 338 g/mol. The minimum absolute atomic E-state index is 0.142. The van der Waals surface area contributed by atoms with E-state index in [1.807, 2.05) is 38.1 Å². The van der Waals surface area contributed by atoms with Crippen LogP contribution in [0.15, 0.2) is 40.9 Å². The van der Waals surface area contributed by atoms with Gasteiger partial charge in [0.25, 0.3) is 0 Å². The van der Waals surface area contributed by atoms with Crippen LogP contribution >= 0.6 is 27.5 Å². The molecule has 0 saturated carbocycles. The van der Waals surface area contributed by atoms with E-state index in [0.29, 0.717) is 0 Å². The van der Waals surface area contributed by atoms with Crippen LogP contribution in [0.5, 0.6) is 5.75 Å². The van der Waals surface area contributed by atoms with Crippen molar-refractivity contribution in [2.75, 3.05) is 7.11 Å². The average Bonchev–Trinajstić information content (AvgIpc) is 2.38. The lowest BCUT2D eigenvalue weighted by Crippen LogP contribution is -1.98. The maximum atomic E-state index is 6.57. The standard InChI is InChI=1S/C16H16BrClO/c1-10-8-13(9-11(2)16(10)19-3)15(18)12-4-6-14(17)7-5-12/h4-9,15H,1-3H3. The van der Waals surface area contributed by atoms with Gasteiger partial charge in [-0.3, -0.25) is 0 Å². The van der Waals surface area contributed by atoms with Crippen molar-refractivity contribution in [2.45, 2.75) is 19.2 Å². The molecule has 0 fully saturated rings. The molecule has 0 aliphatic carbocycles. The van der Waals surface area contributed by atoms with Crippen LogP contribution in [0.1, 0.15) is 27.6 Å². The van der Waals surface area contributed by atoms with E-state index in [9.17, 15) is 0 Å². The van der Waals surface area contributed by atoms with E-state index in [2.05, 4.69) is 28.1 Å². The van der Waals surface area contributed by atoms with Crippen LogP contribution in [0.4, 0.5) is 0 Å². The lowest BCUT2D eigenvalue weighted by atomic mass is 9.99. The van der Waals surface area contributed by atoms with Gasteiger partial charge in [0.2, 0.25) is 0 Å². The second-order valence-electron chi connectivity index (χ2n) is 4.60. The van der Waals surface area contributed by atoms with Crippen molar-refractivity contribution in [1.82, 2.24) is 0 Å². The first-order chi connectivity index (χ1) is 9.02. The van der Waals surface area contributed by atoms with Crippen LogP contribution in [0.3, 0.4) is 0 Å². The lowest BCUT2D eigenvalue weighted by molar-refractivity contribution is 0.408. The molecule has 0 saturated heterocycles. The number of ether oxygens (including phenoxy) is 1. The van der Waals surface area contributed by atoms with Crippen LogP contribution < -0.4 is 4.74 Å². The molecule has 0 radical (unpaired) electrons. The highest BCUT2D eigenvalue weighted by Gasteiger charge is 2.14. The third-order valence-electron chi connectivity index (χ3n) is 3.14. The van der Waals surface area contributed by atoms with Gasteiger partial charge in [-0.05, 0) is 48.2 Å². The minimum Gasteiger partial charge on any atom is -0.496 e. The van der Waals surface area contributed by atoms with Crippen molar-refractivity contribution in [3.63, 3.8) is 0 Å². The molecule has 0 aliphatic heterocycles. The number of alkyl halides is 1. The Morgan fingerprint density at radius 3 is 2.00 bits per heavy atom. The maximum absolute atomic E-state index is 6.57. The van der Waals surface area contributed by atoms with Crippen molar-refractivity contribution in [1.29, 1.82) is 0 Å². The van der Waals surface area contributed by atoms with Crippen LogP contribution in [0.25, 0.3) is 0 Å². The summed E-state index contributed by atoms with van der Waals surface area (Å²) in [6.07, 6.45) is 0. The SMILES string of the molecule is COc1c(C)cc(C(Cl)c2ccc(Br)cc2)cc1C. The predicted octanol–water partition coefficient (Wildman–Crippen LogP) is 5.40. The van der Waals surface area contributed by atoms with Gasteiger partial charge in [0.15, 0.2) is 0 Å². The molecule has 19 heavy (non-hydrogen) atoms. The van der Waals surface area contributed by atoms with Gasteiger partial charge in [-0.2, -0.15) is 0 Å². The van der Waals surface area contributed by atoms with Gasteiger partial charge >= 0.3 is 0 Å². The summed E-state index contributed by atoms with van der Waals surface area (Å²) >= 11 is 10.0. The van der Waals surface area contributed by atoms with Gasteiger partial charge in [-0.1, -0.05) is 40.2 Å². The molecule has 3 heteroatoms. The zero-order valence-corrected chi connectivity index (χ0v) is 13.5. The van der Waals surface area contributed by atoms with E-state index < -0.39 is 0 Å². The summed E-state index contributed by atoms with van der Waals surface area (Å²) in [5.74, 6) is 0.934. The average molecular weight is 340 g/mol. The molecule has 0 spiro atoms. The first kappa shape index (κ1) is 14.4. The molecule has 2 rings (SSSR count). The Morgan fingerprint density at radius 2 is 1.53 bits per heavy atom. The Bertz CT molecular complexity index is 555. The fourth-order valence-electron chi connectivity index (χ4n) is 2.28. The fourth-order valence-corrected chi connectivity index (χ4v) is 2.81. The number of rotatable bonds is 3. The topological polar surface area (TPSA) is 9.23 Å². The van der Waals surface area contributed by atoms with Gasteiger partial charge in [0.05, 0.1) is 12.5 Å². The van der Waals surface area contributed by atoms with Gasteiger partial charge < -0.3 is 4.74 Å². The Labute approximate surface area is 127 Å². The molecule has 0 bridgehead atoms. The lowest BCUT2D eigenvalue weighted by Gasteiger charge is -2.15. The second-order valence-corrected chi connectivity index (χ2v) is 5.95. The predicted molar refractivity (Wildman–Crippen MR) is 84.3 cm³/mol. The van der Waals surface area contributed by atoms with E-state index in [1.54, 1.807) is 7.11 Å². The van der Waals surface area contributed by atoms with E-state index >= 15 is 0 Å². The van der Waals surface area contributed by atoms with Crippen LogP contribution in [0, 0.1) is 13.8 Å². The van der Waals surface area contributed by atoms with Crippen molar-refractivity contribution in [2.24, 2.45) is 0 Å². The molecule has 0 aromatic heterocycles. The van der Waals surface area contributed by atoms with Crippen molar-refractivity contribution >= 4 is 27.5 Å². The number of benzene rings is 2. The van der Waals surface area contributed by atoms with Crippen molar-refractivity contribution < 1.29 is 4.74 Å². The highest BCUT2D eigenvalue weighted by atomic mass is 79.9. The number of halogens is 2. The number of methoxy groups -OCH3 is 1. The molecule has 2 aromatic carbocycles. The number of hydrogen-bond acceptors (Lipinski definition) is 1. The molecule has 0 heterocycles. The summed E-state index contributed by atoms with van der Waals surface area (Å²) in [6.45, 7) is 4.08. The van der Waals surface area contributed by atoms with Gasteiger partial charge in [0.1, 0.15) is 5.75 Å². The Kier molecular flexibility index (Phi) is 4.54. The normalized spacial score (nSPS) is 12.3. The molecule has 1 nitrogen and oxygen atoms in total. The Morgan fingerprint density at radius 1 is 1.00 bits per heavy atom. The van der Waals surface area contributed by atoms with E-state index in [4.69, 9.17) is 16.3 Å². The third-order valence-corrected chi connectivity index (χ3v) is 4.17. The summed E-state index contributed by atoms with van der Waals surface area (Å²) in [4.78, 5) is 0. The molecular weight excluding hydrogens is 324 g/mol. The molecular formula is C16H16BrClO. The van der Waals surface area contributed by atoms with Crippen LogP contribution in [-0.4, -0.2) is 7.11 Å². The summed E-state index contributed by atoms with van der Waals surface area (Å²) in [5.41, 5.74) is 4.41. The smallest absolute Gasteiger partial charge is 0.124 e. The van der Waals surface area contributed by atoms with Crippen molar-refractivity contribution in [3.8, 4) is 5.75 Å². The zero-order chi connectivity index (χ0) is 14.0. The van der Waals surface area contributed by atoms with Crippen molar-refractivity contribution in [3.05, 3.63) is 63.1 Å². The highest BCUT2D eigenvalue weighted by Crippen LogP contribution is 2.34. The van der Waals surface area contributed by atoms with Gasteiger partial charge in [-0.15, -0.1) is 11.6 Å². The van der Waals surface area contributed by atoms with E-state index in [0.717, 1.165) is 32.5 Å². The summed E-state index contributed by atoms with van der Waals surface area (Å²) in [6, 6.07) is 12.3. The van der Waals surface area contributed by atoms with E-state index in [1.165, 1.54) is 0 Å². The Hall–Kier alpha value is -0.990. The summed E-state index contributed by atoms with van der Waals surface area (Å²) < 4.78 is 6.44. The maximum Gasteiger partial charge on any atom is 0.124 e. The zero-order valence-electron chi connectivity index (χ0n) is 11.2. The number of hydrogen-bond donors (Lipinski definition) is 0. The molecule has 0 amide bonds. The molecule has 1 atom stereocenters. The molecule has 2 aromatic rings. The largest absolute Gasteiger partial charge is 0.496 e. The first-order valence-electron chi connectivity index (χ1n) is 6.07.